The Labute approximate surface area is 174 Å². The van der Waals surface area contributed by atoms with E-state index in [9.17, 15) is 0 Å². The molecular formula is C25H41NS. The number of aryl methyl sites for hydroxylation is 2. The first kappa shape index (κ1) is 24.0. The molecule has 0 N–H and O–H groups in total. The highest BCUT2D eigenvalue weighted by molar-refractivity contribution is 7.80. The summed E-state index contributed by atoms with van der Waals surface area (Å²) in [6, 6.07) is 8.91. The van der Waals surface area contributed by atoms with Crippen LogP contribution in [0.5, 0.6) is 0 Å². The molecule has 1 aliphatic heterocycles. The van der Waals surface area contributed by atoms with Crippen molar-refractivity contribution < 1.29 is 0 Å². The highest BCUT2D eigenvalue weighted by Crippen LogP contribution is 2.12. The topological polar surface area (TPSA) is 3.24 Å². The molecule has 0 radical (unpaired) electrons. The number of unbranched alkanes of at least 4 members (excludes halogenated alkanes) is 3. The van der Waals surface area contributed by atoms with Crippen molar-refractivity contribution in [3.63, 3.8) is 0 Å². The summed E-state index contributed by atoms with van der Waals surface area (Å²) >= 11 is 5.07. The van der Waals surface area contributed by atoms with Crippen molar-refractivity contribution in [3.8, 4) is 0 Å². The Morgan fingerprint density at radius 3 is 2.30 bits per heavy atom. The molecule has 27 heavy (non-hydrogen) atoms. The molecule has 0 spiro atoms. The minimum atomic E-state index is 0.934. The largest absolute Gasteiger partial charge is 0.303 e. The predicted molar refractivity (Wildman–Crippen MR) is 126 cm³/mol. The van der Waals surface area contributed by atoms with Gasteiger partial charge in [0, 0.05) is 6.54 Å². The van der Waals surface area contributed by atoms with Crippen molar-refractivity contribution in [2.24, 2.45) is 0 Å². The van der Waals surface area contributed by atoms with Crippen LogP contribution in [0, 0.1) is 6.92 Å². The lowest BCUT2D eigenvalue weighted by molar-refractivity contribution is 0.231. The first-order valence-electron chi connectivity index (χ1n) is 10.9. The van der Waals surface area contributed by atoms with Gasteiger partial charge < -0.3 is 4.90 Å². The van der Waals surface area contributed by atoms with Crippen LogP contribution in [0.4, 0.5) is 0 Å². The Bertz CT molecular complexity index is 526. The van der Waals surface area contributed by atoms with Crippen LogP contribution in [0.1, 0.15) is 82.8 Å². The third-order valence-corrected chi connectivity index (χ3v) is 5.31. The van der Waals surface area contributed by atoms with E-state index in [0.717, 1.165) is 17.7 Å². The number of nitrogens with zero attached hydrogens (tertiary/aromatic N) is 1. The number of thiocarbonyl (C=S) groups is 1. The van der Waals surface area contributed by atoms with E-state index in [1.165, 1.54) is 87.7 Å². The quantitative estimate of drug-likeness (QED) is 0.235. The van der Waals surface area contributed by atoms with Crippen LogP contribution in [-0.4, -0.2) is 29.4 Å². The molecule has 0 unspecified atom stereocenters. The van der Waals surface area contributed by atoms with Crippen molar-refractivity contribution in [2.45, 2.75) is 85.0 Å². The minimum absolute atomic E-state index is 0.934. The van der Waals surface area contributed by atoms with Crippen LogP contribution in [-0.2, 0) is 6.42 Å². The highest BCUT2D eigenvalue weighted by Gasteiger charge is 2.09. The Balaban J connectivity index is 0.000000271. The van der Waals surface area contributed by atoms with Gasteiger partial charge in [0.2, 0.25) is 0 Å². The maximum atomic E-state index is 5.07. The fourth-order valence-electron chi connectivity index (χ4n) is 3.45. The minimum Gasteiger partial charge on any atom is -0.303 e. The molecule has 2 rings (SSSR count). The van der Waals surface area contributed by atoms with Gasteiger partial charge in [-0.3, -0.25) is 0 Å². The van der Waals surface area contributed by atoms with Gasteiger partial charge in [0.15, 0.2) is 0 Å². The third kappa shape index (κ3) is 12.9. The van der Waals surface area contributed by atoms with Crippen LogP contribution in [0.2, 0.25) is 0 Å². The molecule has 0 atom stereocenters. The highest BCUT2D eigenvalue weighted by atomic mass is 32.1. The van der Waals surface area contributed by atoms with Gasteiger partial charge in [-0.25, -0.2) is 0 Å². The zero-order chi connectivity index (χ0) is 19.9. The van der Waals surface area contributed by atoms with Gasteiger partial charge in [-0.1, -0.05) is 86.8 Å². The molecule has 0 amide bonds. The Morgan fingerprint density at radius 1 is 1.04 bits per heavy atom. The number of piperidine rings is 1. The molecule has 1 aromatic carbocycles. The fraction of sp³-hybridized carbons (Fsp3) is 0.640. The fourth-order valence-corrected chi connectivity index (χ4v) is 3.65. The lowest BCUT2D eigenvalue weighted by Gasteiger charge is -2.26. The second kappa shape index (κ2) is 15.0. The zero-order valence-corrected chi connectivity index (χ0v) is 18.9. The molecule has 1 heterocycles. The second-order valence-electron chi connectivity index (χ2n) is 8.08. The van der Waals surface area contributed by atoms with Crippen LogP contribution in [0.3, 0.4) is 0 Å². The maximum Gasteiger partial charge on any atom is 0.00186 e. The van der Waals surface area contributed by atoms with E-state index in [2.05, 4.69) is 49.6 Å². The molecule has 1 nitrogen and oxygen atoms in total. The van der Waals surface area contributed by atoms with Crippen LogP contribution in [0.25, 0.3) is 0 Å². The van der Waals surface area contributed by atoms with Gasteiger partial charge in [-0.15, -0.1) is 0 Å². The summed E-state index contributed by atoms with van der Waals surface area (Å²) in [4.78, 5) is 3.61. The summed E-state index contributed by atoms with van der Waals surface area (Å²) in [6.45, 7) is 14.2. The number of hydrogen-bond acceptors (Lipinski definition) is 2. The van der Waals surface area contributed by atoms with E-state index in [4.69, 9.17) is 12.2 Å². The Hall–Kier alpha value is -0.990. The van der Waals surface area contributed by atoms with Crippen LogP contribution < -0.4 is 0 Å². The Morgan fingerprint density at radius 2 is 1.70 bits per heavy atom. The van der Waals surface area contributed by atoms with E-state index in [1.807, 2.05) is 6.92 Å². The molecule has 0 aliphatic carbocycles. The monoisotopic (exact) mass is 387 g/mol. The summed E-state index contributed by atoms with van der Waals surface area (Å²) in [7, 11) is 0. The molecular weight excluding hydrogens is 346 g/mol. The summed E-state index contributed by atoms with van der Waals surface area (Å²) in [5.74, 6) is 0. The average Bonchev–Trinajstić information content (AvgIpc) is 2.66. The normalized spacial score (nSPS) is 14.3. The molecule has 152 valence electrons. The molecule has 0 aromatic heterocycles. The Kier molecular flexibility index (Phi) is 13.4. The first-order chi connectivity index (χ1) is 13.0. The maximum absolute atomic E-state index is 5.07. The summed E-state index contributed by atoms with van der Waals surface area (Å²) in [5.41, 5.74) is 4.14. The number of rotatable bonds is 10. The van der Waals surface area contributed by atoms with Gasteiger partial charge in [0.1, 0.15) is 0 Å². The molecule has 0 saturated carbocycles. The third-order valence-electron chi connectivity index (χ3n) is 5.17. The molecule has 1 fully saturated rings. The molecule has 2 heteroatoms. The SMILES string of the molecule is C=C(CCN1CCCCC1)CC(C)=S.CCCCCCc1ccc(C)cc1. The van der Waals surface area contributed by atoms with Gasteiger partial charge in [-0.2, -0.15) is 0 Å². The van der Waals surface area contributed by atoms with Crippen molar-refractivity contribution in [3.05, 3.63) is 47.5 Å². The van der Waals surface area contributed by atoms with Crippen molar-refractivity contribution in [1.29, 1.82) is 0 Å². The van der Waals surface area contributed by atoms with E-state index >= 15 is 0 Å². The van der Waals surface area contributed by atoms with Crippen molar-refractivity contribution in [2.75, 3.05) is 19.6 Å². The second-order valence-corrected chi connectivity index (χ2v) is 8.77. The molecule has 1 aliphatic rings. The summed E-state index contributed by atoms with van der Waals surface area (Å²) in [5, 5.41) is 0. The smallest absolute Gasteiger partial charge is 0.00186 e. The van der Waals surface area contributed by atoms with Crippen LogP contribution >= 0.6 is 12.2 Å². The van der Waals surface area contributed by atoms with Gasteiger partial charge in [0.05, 0.1) is 0 Å². The van der Waals surface area contributed by atoms with Crippen LogP contribution in [0.15, 0.2) is 36.4 Å². The lowest BCUT2D eigenvalue weighted by atomic mass is 10.1. The van der Waals surface area contributed by atoms with Crippen molar-refractivity contribution in [1.82, 2.24) is 4.90 Å². The first-order valence-corrected chi connectivity index (χ1v) is 11.4. The lowest BCUT2D eigenvalue weighted by Crippen LogP contribution is -2.30. The number of likely N-dealkylation sites (tertiary alicyclic amines) is 1. The van der Waals surface area contributed by atoms with E-state index in [0.29, 0.717) is 0 Å². The zero-order valence-electron chi connectivity index (χ0n) is 18.1. The molecule has 0 bridgehead atoms. The number of hydrogen-bond donors (Lipinski definition) is 0. The number of benzene rings is 1. The standard InChI is InChI=1S/C13H20.C12H21NS/c1-3-4-5-6-7-13-10-8-12(2)9-11-13;1-11(10-12(2)14)6-9-13-7-4-3-5-8-13/h8-11H,3-7H2,1-2H3;1,3-10H2,2H3. The molecule has 1 aromatic rings. The molecule has 1 saturated heterocycles. The van der Waals surface area contributed by atoms with Gasteiger partial charge in [0.25, 0.3) is 0 Å². The van der Waals surface area contributed by atoms with E-state index in [-0.39, 0.29) is 0 Å². The van der Waals surface area contributed by atoms with Gasteiger partial charge >= 0.3 is 0 Å². The summed E-state index contributed by atoms with van der Waals surface area (Å²) in [6.07, 6.45) is 12.9. The average molecular weight is 388 g/mol. The van der Waals surface area contributed by atoms with E-state index < -0.39 is 0 Å². The van der Waals surface area contributed by atoms with Crippen molar-refractivity contribution >= 4 is 17.1 Å². The van der Waals surface area contributed by atoms with E-state index in [1.54, 1.807) is 0 Å². The predicted octanol–water partition coefficient (Wildman–Crippen LogP) is 7.32. The van der Waals surface area contributed by atoms with Gasteiger partial charge in [-0.05, 0) is 75.9 Å². The summed E-state index contributed by atoms with van der Waals surface area (Å²) < 4.78 is 0.